The average Bonchev–Trinajstić information content (AvgIpc) is 3.18. The quantitative estimate of drug-likeness (QED) is 0.501. The van der Waals surface area contributed by atoms with Crippen molar-refractivity contribution in [2.24, 2.45) is 0 Å². The third-order valence-corrected chi connectivity index (χ3v) is 4.93. The summed E-state index contributed by atoms with van der Waals surface area (Å²) in [6.45, 7) is 3.23. The zero-order chi connectivity index (χ0) is 19.3. The van der Waals surface area contributed by atoms with Crippen molar-refractivity contribution < 1.29 is 4.79 Å². The van der Waals surface area contributed by atoms with Crippen molar-refractivity contribution in [2.45, 2.75) is 19.9 Å². The molecule has 2 aromatic carbocycles. The van der Waals surface area contributed by atoms with E-state index >= 15 is 0 Å². The van der Waals surface area contributed by atoms with Gasteiger partial charge in [0.1, 0.15) is 11.3 Å². The van der Waals surface area contributed by atoms with Gasteiger partial charge >= 0.3 is 0 Å². The fraction of sp³-hybridized carbons (Fsp3) is 0.167. The van der Waals surface area contributed by atoms with Crippen molar-refractivity contribution in [1.29, 1.82) is 0 Å². The van der Waals surface area contributed by atoms with Crippen LogP contribution in [0, 0.1) is 6.92 Å². The SMILES string of the molecule is Cc1cccc2nc(C(=O)N(CCc3ccccc3)Cc3ccccc3)cn12. The number of rotatable bonds is 6. The normalized spacial score (nSPS) is 10.9. The van der Waals surface area contributed by atoms with E-state index < -0.39 is 0 Å². The van der Waals surface area contributed by atoms with Gasteiger partial charge in [0.15, 0.2) is 0 Å². The van der Waals surface area contributed by atoms with Crippen LogP contribution >= 0.6 is 0 Å². The fourth-order valence-corrected chi connectivity index (χ4v) is 3.38. The second kappa shape index (κ2) is 8.09. The van der Waals surface area contributed by atoms with Crippen LogP contribution in [0.5, 0.6) is 0 Å². The third kappa shape index (κ3) is 3.96. The second-order valence-corrected chi connectivity index (χ2v) is 6.97. The molecular formula is C24H23N3O. The Balaban J connectivity index is 1.60. The van der Waals surface area contributed by atoms with Gasteiger partial charge in [-0.05, 0) is 36.6 Å². The number of amides is 1. The van der Waals surface area contributed by atoms with Crippen LogP contribution in [-0.4, -0.2) is 26.7 Å². The molecule has 4 rings (SSSR count). The summed E-state index contributed by atoms with van der Waals surface area (Å²) in [4.78, 5) is 19.8. The first-order chi connectivity index (χ1) is 13.7. The summed E-state index contributed by atoms with van der Waals surface area (Å²) in [5.74, 6) is -0.0390. The predicted molar refractivity (Wildman–Crippen MR) is 111 cm³/mol. The summed E-state index contributed by atoms with van der Waals surface area (Å²) in [7, 11) is 0. The monoisotopic (exact) mass is 369 g/mol. The lowest BCUT2D eigenvalue weighted by Crippen LogP contribution is -2.32. The molecule has 28 heavy (non-hydrogen) atoms. The highest BCUT2D eigenvalue weighted by Crippen LogP contribution is 2.14. The lowest BCUT2D eigenvalue weighted by Gasteiger charge is -2.22. The molecule has 0 aliphatic rings. The lowest BCUT2D eigenvalue weighted by atomic mass is 10.1. The summed E-state index contributed by atoms with van der Waals surface area (Å²) in [6, 6.07) is 26.3. The van der Waals surface area contributed by atoms with Crippen molar-refractivity contribution >= 4 is 11.6 Å². The second-order valence-electron chi connectivity index (χ2n) is 6.97. The minimum atomic E-state index is -0.0390. The molecule has 0 atom stereocenters. The van der Waals surface area contributed by atoms with Crippen molar-refractivity contribution in [3.63, 3.8) is 0 Å². The van der Waals surface area contributed by atoms with E-state index in [-0.39, 0.29) is 5.91 Å². The number of aryl methyl sites for hydroxylation is 1. The molecule has 2 aromatic heterocycles. The van der Waals surface area contributed by atoms with E-state index in [1.165, 1.54) is 5.56 Å². The van der Waals surface area contributed by atoms with E-state index in [1.54, 1.807) is 0 Å². The number of hydrogen-bond donors (Lipinski definition) is 0. The first-order valence-electron chi connectivity index (χ1n) is 9.52. The van der Waals surface area contributed by atoms with Crippen molar-refractivity contribution in [3.8, 4) is 0 Å². The van der Waals surface area contributed by atoms with Gasteiger partial charge in [0.05, 0.1) is 0 Å². The molecule has 0 saturated carbocycles. The first-order valence-corrected chi connectivity index (χ1v) is 9.52. The standard InChI is InChI=1S/C24H23N3O/c1-19-9-8-14-23-25-22(18-27(19)23)24(28)26(17-21-12-6-3-7-13-21)16-15-20-10-4-2-5-11-20/h2-14,18H,15-17H2,1H3. The van der Waals surface area contributed by atoms with E-state index in [2.05, 4.69) is 29.2 Å². The minimum Gasteiger partial charge on any atom is -0.333 e. The Morgan fingerprint density at radius 2 is 1.57 bits per heavy atom. The molecule has 0 unspecified atom stereocenters. The Morgan fingerprint density at radius 3 is 2.25 bits per heavy atom. The molecule has 4 nitrogen and oxygen atoms in total. The molecule has 0 fully saturated rings. The maximum absolute atomic E-state index is 13.3. The minimum absolute atomic E-state index is 0.0390. The Hall–Kier alpha value is -3.40. The largest absolute Gasteiger partial charge is 0.333 e. The van der Waals surface area contributed by atoms with Crippen LogP contribution in [-0.2, 0) is 13.0 Å². The zero-order valence-electron chi connectivity index (χ0n) is 16.0. The van der Waals surface area contributed by atoms with Crippen LogP contribution in [0.25, 0.3) is 5.65 Å². The molecule has 0 radical (unpaired) electrons. The van der Waals surface area contributed by atoms with Crippen LogP contribution < -0.4 is 0 Å². The summed E-state index contributed by atoms with van der Waals surface area (Å²) in [5.41, 5.74) is 4.68. The molecular weight excluding hydrogens is 346 g/mol. The van der Waals surface area contributed by atoms with Gasteiger partial charge in [0, 0.05) is 25.0 Å². The third-order valence-electron chi connectivity index (χ3n) is 4.93. The molecule has 0 aliphatic heterocycles. The number of fused-ring (bicyclic) bond motifs is 1. The number of carbonyl (C=O) groups excluding carboxylic acids is 1. The molecule has 0 spiro atoms. The van der Waals surface area contributed by atoms with E-state index in [4.69, 9.17) is 0 Å². The van der Waals surface area contributed by atoms with Crippen LogP contribution in [0.15, 0.2) is 85.1 Å². The summed E-state index contributed by atoms with van der Waals surface area (Å²) < 4.78 is 1.96. The molecule has 140 valence electrons. The number of carbonyl (C=O) groups is 1. The number of nitrogens with zero attached hydrogens (tertiary/aromatic N) is 3. The number of imidazole rings is 1. The fourth-order valence-electron chi connectivity index (χ4n) is 3.38. The zero-order valence-corrected chi connectivity index (χ0v) is 16.0. The van der Waals surface area contributed by atoms with E-state index in [0.29, 0.717) is 18.8 Å². The number of benzene rings is 2. The molecule has 0 saturated heterocycles. The van der Waals surface area contributed by atoms with Gasteiger partial charge in [-0.25, -0.2) is 4.98 Å². The van der Waals surface area contributed by atoms with Crippen molar-refractivity contribution in [2.75, 3.05) is 6.54 Å². The molecule has 1 amide bonds. The van der Waals surface area contributed by atoms with Gasteiger partial charge in [0.2, 0.25) is 0 Å². The Kier molecular flexibility index (Phi) is 5.20. The van der Waals surface area contributed by atoms with Gasteiger partial charge in [-0.15, -0.1) is 0 Å². The summed E-state index contributed by atoms with van der Waals surface area (Å²) in [5, 5.41) is 0. The number of pyridine rings is 1. The van der Waals surface area contributed by atoms with Gasteiger partial charge in [0.25, 0.3) is 5.91 Å². The average molecular weight is 369 g/mol. The maximum atomic E-state index is 13.3. The van der Waals surface area contributed by atoms with Crippen molar-refractivity contribution in [1.82, 2.24) is 14.3 Å². The molecule has 2 heterocycles. The highest BCUT2D eigenvalue weighted by molar-refractivity contribution is 5.93. The summed E-state index contributed by atoms with van der Waals surface area (Å²) in [6.07, 6.45) is 2.65. The van der Waals surface area contributed by atoms with Gasteiger partial charge in [-0.3, -0.25) is 4.79 Å². The van der Waals surface area contributed by atoms with E-state index in [0.717, 1.165) is 23.3 Å². The van der Waals surface area contributed by atoms with E-state index in [1.807, 2.05) is 77.0 Å². The lowest BCUT2D eigenvalue weighted by molar-refractivity contribution is 0.0740. The van der Waals surface area contributed by atoms with Crippen LogP contribution in [0.3, 0.4) is 0 Å². The van der Waals surface area contributed by atoms with Gasteiger partial charge in [-0.1, -0.05) is 66.7 Å². The van der Waals surface area contributed by atoms with Crippen LogP contribution in [0.2, 0.25) is 0 Å². The molecule has 0 aliphatic carbocycles. The topological polar surface area (TPSA) is 37.6 Å². The molecule has 0 N–H and O–H groups in total. The number of hydrogen-bond acceptors (Lipinski definition) is 2. The summed E-state index contributed by atoms with van der Waals surface area (Å²) >= 11 is 0. The molecule has 0 bridgehead atoms. The highest BCUT2D eigenvalue weighted by Gasteiger charge is 2.19. The first kappa shape index (κ1) is 18.0. The highest BCUT2D eigenvalue weighted by atomic mass is 16.2. The smallest absolute Gasteiger partial charge is 0.274 e. The number of aromatic nitrogens is 2. The van der Waals surface area contributed by atoms with Crippen molar-refractivity contribution in [3.05, 3.63) is 108 Å². The molecule has 4 heteroatoms. The van der Waals surface area contributed by atoms with Gasteiger partial charge < -0.3 is 9.30 Å². The maximum Gasteiger partial charge on any atom is 0.274 e. The van der Waals surface area contributed by atoms with Gasteiger partial charge in [-0.2, -0.15) is 0 Å². The Morgan fingerprint density at radius 1 is 0.893 bits per heavy atom. The van der Waals surface area contributed by atoms with E-state index in [9.17, 15) is 4.79 Å². The van der Waals surface area contributed by atoms with Crippen LogP contribution in [0.4, 0.5) is 0 Å². The predicted octanol–water partition coefficient (Wildman–Crippen LogP) is 4.53. The van der Waals surface area contributed by atoms with Crippen LogP contribution in [0.1, 0.15) is 27.3 Å². The Bertz CT molecular complexity index is 1070. The molecule has 4 aromatic rings. The Labute approximate surface area is 165 Å².